The SMILES string of the molecule is C[N+](C)(C)CC(CCl)NCC=C=O. The van der Waals surface area contributed by atoms with Gasteiger partial charge in [0.2, 0.25) is 0 Å². The van der Waals surface area contributed by atoms with E-state index in [4.69, 9.17) is 11.6 Å². The Morgan fingerprint density at radius 1 is 1.54 bits per heavy atom. The lowest BCUT2D eigenvalue weighted by Crippen LogP contribution is -2.48. The Hall–Kier alpha value is -0.340. The highest BCUT2D eigenvalue weighted by atomic mass is 35.5. The van der Waals surface area contributed by atoms with Gasteiger partial charge in [-0.15, -0.1) is 11.6 Å². The second kappa shape index (κ2) is 6.17. The average molecular weight is 206 g/mol. The molecule has 0 radical (unpaired) electrons. The second-order valence-corrected chi connectivity index (χ2v) is 4.36. The van der Waals surface area contributed by atoms with Gasteiger partial charge < -0.3 is 9.80 Å². The topological polar surface area (TPSA) is 29.1 Å². The Bertz CT molecular complexity index is 183. The first-order chi connectivity index (χ1) is 5.99. The van der Waals surface area contributed by atoms with Gasteiger partial charge in [0.1, 0.15) is 5.94 Å². The molecule has 0 aromatic carbocycles. The van der Waals surface area contributed by atoms with Gasteiger partial charge >= 0.3 is 0 Å². The van der Waals surface area contributed by atoms with Crippen LogP contribution in [0.4, 0.5) is 0 Å². The number of hydrogen-bond donors (Lipinski definition) is 1. The normalized spacial score (nSPS) is 13.5. The Kier molecular flexibility index (Phi) is 6.00. The molecule has 0 aromatic heterocycles. The molecule has 0 amide bonds. The van der Waals surface area contributed by atoms with E-state index in [0.29, 0.717) is 12.4 Å². The van der Waals surface area contributed by atoms with Crippen molar-refractivity contribution >= 4 is 17.5 Å². The van der Waals surface area contributed by atoms with Crippen LogP contribution in [0.1, 0.15) is 0 Å². The molecule has 0 aliphatic rings. The zero-order valence-corrected chi connectivity index (χ0v) is 9.27. The number of hydrogen-bond acceptors (Lipinski definition) is 2. The Morgan fingerprint density at radius 2 is 2.15 bits per heavy atom. The highest BCUT2D eigenvalue weighted by Crippen LogP contribution is 1.97. The van der Waals surface area contributed by atoms with Crippen molar-refractivity contribution in [1.82, 2.24) is 5.32 Å². The predicted molar refractivity (Wildman–Crippen MR) is 55.7 cm³/mol. The van der Waals surface area contributed by atoms with E-state index in [1.165, 1.54) is 6.08 Å². The summed E-state index contributed by atoms with van der Waals surface area (Å²) in [6.45, 7) is 1.48. The second-order valence-electron chi connectivity index (χ2n) is 4.05. The molecule has 0 aliphatic carbocycles. The molecule has 4 heteroatoms. The maximum absolute atomic E-state index is 9.90. The van der Waals surface area contributed by atoms with Crippen molar-refractivity contribution in [2.75, 3.05) is 40.1 Å². The fraction of sp³-hybridized carbons (Fsp3) is 0.778. The number of quaternary nitrogens is 1. The summed E-state index contributed by atoms with van der Waals surface area (Å²) in [7, 11) is 6.32. The Balaban J connectivity index is 3.82. The number of carbonyl (C=O) groups excluding carboxylic acids is 1. The van der Waals surface area contributed by atoms with Crippen LogP contribution in [-0.2, 0) is 4.79 Å². The highest BCUT2D eigenvalue weighted by Gasteiger charge is 2.15. The summed E-state index contributed by atoms with van der Waals surface area (Å²) >= 11 is 5.77. The van der Waals surface area contributed by atoms with E-state index >= 15 is 0 Å². The highest BCUT2D eigenvalue weighted by molar-refractivity contribution is 6.18. The molecule has 0 fully saturated rings. The molecule has 0 saturated carbocycles. The van der Waals surface area contributed by atoms with Crippen molar-refractivity contribution in [3.63, 3.8) is 0 Å². The first-order valence-corrected chi connectivity index (χ1v) is 4.82. The predicted octanol–water partition coefficient (Wildman–Crippen LogP) is 0.277. The summed E-state index contributed by atoms with van der Waals surface area (Å²) in [5.74, 6) is 2.28. The van der Waals surface area contributed by atoms with Gasteiger partial charge in [-0.3, -0.25) is 0 Å². The van der Waals surface area contributed by atoms with Crippen LogP contribution in [0, 0.1) is 0 Å². The molecule has 1 atom stereocenters. The van der Waals surface area contributed by atoms with Crippen LogP contribution in [0.15, 0.2) is 6.08 Å². The van der Waals surface area contributed by atoms with Gasteiger partial charge in [0.05, 0.1) is 33.7 Å². The van der Waals surface area contributed by atoms with Crippen LogP contribution < -0.4 is 5.32 Å². The Labute approximate surface area is 85.0 Å². The van der Waals surface area contributed by atoms with Gasteiger partial charge in [0, 0.05) is 18.5 Å². The zero-order chi connectivity index (χ0) is 10.3. The first-order valence-electron chi connectivity index (χ1n) is 4.28. The van der Waals surface area contributed by atoms with Gasteiger partial charge in [0.15, 0.2) is 0 Å². The lowest BCUT2D eigenvalue weighted by Gasteiger charge is -2.28. The maximum Gasteiger partial charge on any atom is 0.121 e. The smallest absolute Gasteiger partial charge is 0.121 e. The zero-order valence-electron chi connectivity index (χ0n) is 8.51. The summed E-state index contributed by atoms with van der Waals surface area (Å²) in [6.07, 6.45) is 1.43. The molecule has 13 heavy (non-hydrogen) atoms. The number of likely N-dealkylation sites (N-methyl/N-ethyl adjacent to an activating group) is 1. The molecule has 0 bridgehead atoms. The third kappa shape index (κ3) is 8.00. The van der Waals surface area contributed by atoms with Crippen LogP contribution in [0.25, 0.3) is 0 Å². The monoisotopic (exact) mass is 205 g/mol. The van der Waals surface area contributed by atoms with Crippen LogP contribution in [0.3, 0.4) is 0 Å². The van der Waals surface area contributed by atoms with E-state index in [1.54, 1.807) is 5.94 Å². The third-order valence-corrected chi connectivity index (χ3v) is 1.92. The number of halogens is 1. The van der Waals surface area contributed by atoms with Crippen LogP contribution >= 0.6 is 11.6 Å². The lowest BCUT2D eigenvalue weighted by atomic mass is 10.3. The molecule has 0 aromatic rings. The molecule has 3 nitrogen and oxygen atoms in total. The summed E-state index contributed by atoms with van der Waals surface area (Å²) in [5.41, 5.74) is 0. The van der Waals surface area contributed by atoms with Crippen LogP contribution in [0.2, 0.25) is 0 Å². The molecule has 1 unspecified atom stereocenters. The molecular formula is C9H18ClN2O+. The van der Waals surface area contributed by atoms with Crippen LogP contribution in [-0.4, -0.2) is 56.6 Å². The standard InChI is InChI=1S/C9H18ClN2O/c1-12(2,3)8-9(7-10)11-5-4-6-13/h4,9,11H,5,7-8H2,1-3H3/q+1. The largest absolute Gasteiger partial charge is 0.330 e. The van der Waals surface area contributed by atoms with Crippen LogP contribution in [0.5, 0.6) is 0 Å². The van der Waals surface area contributed by atoms with E-state index in [-0.39, 0.29) is 6.04 Å². The summed E-state index contributed by atoms with van der Waals surface area (Å²) in [5, 5.41) is 3.16. The van der Waals surface area contributed by atoms with Crippen molar-refractivity contribution < 1.29 is 9.28 Å². The summed E-state index contributed by atoms with van der Waals surface area (Å²) < 4.78 is 0.856. The molecular weight excluding hydrogens is 188 g/mol. The average Bonchev–Trinajstić information content (AvgIpc) is 2.01. The maximum atomic E-state index is 9.90. The van der Waals surface area contributed by atoms with E-state index in [9.17, 15) is 4.79 Å². The Morgan fingerprint density at radius 3 is 2.54 bits per heavy atom. The number of alkyl halides is 1. The number of nitrogens with zero attached hydrogens (tertiary/aromatic N) is 1. The molecule has 76 valence electrons. The first kappa shape index (κ1) is 12.7. The third-order valence-electron chi connectivity index (χ3n) is 1.55. The summed E-state index contributed by atoms with van der Waals surface area (Å²) in [6, 6.07) is 0.242. The molecule has 0 aliphatic heterocycles. The minimum absolute atomic E-state index is 0.242. The van der Waals surface area contributed by atoms with E-state index in [0.717, 1.165) is 11.0 Å². The fourth-order valence-electron chi connectivity index (χ4n) is 1.10. The van der Waals surface area contributed by atoms with Gasteiger partial charge in [-0.1, -0.05) is 0 Å². The van der Waals surface area contributed by atoms with Crippen molar-refractivity contribution in [1.29, 1.82) is 0 Å². The lowest BCUT2D eigenvalue weighted by molar-refractivity contribution is -0.871. The minimum atomic E-state index is 0.242. The quantitative estimate of drug-likeness (QED) is 0.384. The van der Waals surface area contributed by atoms with Gasteiger partial charge in [-0.2, -0.15) is 0 Å². The van der Waals surface area contributed by atoms with E-state index in [2.05, 4.69) is 26.5 Å². The van der Waals surface area contributed by atoms with Crippen molar-refractivity contribution in [2.24, 2.45) is 0 Å². The minimum Gasteiger partial charge on any atom is -0.330 e. The molecule has 0 saturated heterocycles. The molecule has 0 rings (SSSR count). The molecule has 0 spiro atoms. The fourth-order valence-corrected chi connectivity index (χ4v) is 1.30. The number of nitrogens with one attached hydrogen (secondary N) is 1. The van der Waals surface area contributed by atoms with Gasteiger partial charge in [-0.25, -0.2) is 4.79 Å². The molecule has 0 heterocycles. The van der Waals surface area contributed by atoms with E-state index < -0.39 is 0 Å². The molecule has 1 N–H and O–H groups in total. The van der Waals surface area contributed by atoms with E-state index in [1.807, 2.05) is 0 Å². The van der Waals surface area contributed by atoms with Crippen molar-refractivity contribution in [3.8, 4) is 0 Å². The van der Waals surface area contributed by atoms with Crippen molar-refractivity contribution in [3.05, 3.63) is 6.08 Å². The number of rotatable bonds is 6. The van der Waals surface area contributed by atoms with Gasteiger partial charge in [0.25, 0.3) is 0 Å². The summed E-state index contributed by atoms with van der Waals surface area (Å²) in [4.78, 5) is 9.90. The van der Waals surface area contributed by atoms with Gasteiger partial charge in [-0.05, 0) is 0 Å². The van der Waals surface area contributed by atoms with Crippen molar-refractivity contribution in [2.45, 2.75) is 6.04 Å².